The van der Waals surface area contributed by atoms with Crippen molar-refractivity contribution < 1.29 is 4.79 Å². The molecule has 84 valence electrons. The van der Waals surface area contributed by atoms with Crippen LogP contribution in [0.3, 0.4) is 0 Å². The highest BCUT2D eigenvalue weighted by atomic mass is 35.5. The van der Waals surface area contributed by atoms with Crippen LogP contribution in [0.2, 0.25) is 5.15 Å². The number of nitrogens with zero attached hydrogens (tertiary/aromatic N) is 1. The first-order chi connectivity index (χ1) is 7.61. The Hall–Kier alpha value is -1.18. The summed E-state index contributed by atoms with van der Waals surface area (Å²) in [5.41, 5.74) is 6.77. The smallest absolute Gasteiger partial charge is 0.185 e. The molecule has 0 aliphatic carbocycles. The zero-order valence-electron chi connectivity index (χ0n) is 8.79. The van der Waals surface area contributed by atoms with Gasteiger partial charge >= 0.3 is 0 Å². The average molecular weight is 255 g/mol. The molecule has 5 heteroatoms. The molecule has 3 nitrogen and oxygen atoms in total. The van der Waals surface area contributed by atoms with Crippen LogP contribution in [0.15, 0.2) is 12.3 Å². The lowest BCUT2D eigenvalue weighted by Crippen LogP contribution is -1.92. The van der Waals surface area contributed by atoms with E-state index in [9.17, 15) is 4.79 Å². The van der Waals surface area contributed by atoms with E-state index >= 15 is 0 Å². The van der Waals surface area contributed by atoms with Gasteiger partial charge in [0.05, 0.1) is 11.3 Å². The van der Waals surface area contributed by atoms with E-state index < -0.39 is 0 Å². The van der Waals surface area contributed by atoms with Gasteiger partial charge in [0.25, 0.3) is 0 Å². The van der Waals surface area contributed by atoms with Crippen molar-refractivity contribution in [1.82, 2.24) is 4.98 Å². The number of aromatic nitrogens is 1. The summed E-state index contributed by atoms with van der Waals surface area (Å²) in [5, 5.41) is 0.410. The maximum Gasteiger partial charge on any atom is 0.185 e. The monoisotopic (exact) mass is 254 g/mol. The van der Waals surface area contributed by atoms with Crippen LogP contribution < -0.4 is 5.73 Å². The standard InChI is InChI=1S/C11H11ClN2OS/c1-8(15)16-7-3-2-4-9-10(13)5-6-14-11(9)12/h5-6H,3,7H2,1H3,(H2,13,14). The summed E-state index contributed by atoms with van der Waals surface area (Å²) >= 11 is 7.09. The number of hydrogen-bond donors (Lipinski definition) is 1. The SMILES string of the molecule is CC(=O)SCCC#Cc1c(N)ccnc1Cl. The summed E-state index contributed by atoms with van der Waals surface area (Å²) in [6.07, 6.45) is 2.16. The third-order valence-corrected chi connectivity index (χ3v) is 2.78. The second-order valence-corrected chi connectivity index (χ2v) is 4.59. The third kappa shape index (κ3) is 4.13. The largest absolute Gasteiger partial charge is 0.398 e. The van der Waals surface area contributed by atoms with Gasteiger partial charge in [-0.25, -0.2) is 4.98 Å². The number of rotatable bonds is 2. The predicted molar refractivity (Wildman–Crippen MR) is 68.3 cm³/mol. The Morgan fingerprint density at radius 2 is 2.44 bits per heavy atom. The van der Waals surface area contributed by atoms with Gasteiger partial charge in [-0.2, -0.15) is 0 Å². The van der Waals surface area contributed by atoms with Crippen LogP contribution in [-0.2, 0) is 4.79 Å². The Balaban J connectivity index is 2.60. The minimum atomic E-state index is 0.0979. The first-order valence-electron chi connectivity index (χ1n) is 4.63. The molecule has 1 heterocycles. The molecular weight excluding hydrogens is 244 g/mol. The normalized spacial score (nSPS) is 9.38. The van der Waals surface area contributed by atoms with Crippen molar-refractivity contribution >= 4 is 34.2 Å². The van der Waals surface area contributed by atoms with E-state index in [0.717, 1.165) is 0 Å². The number of halogens is 1. The Morgan fingerprint density at radius 1 is 1.69 bits per heavy atom. The summed E-state index contributed by atoms with van der Waals surface area (Å²) in [4.78, 5) is 14.5. The Labute approximate surface area is 104 Å². The quantitative estimate of drug-likeness (QED) is 0.500. The molecule has 0 fully saturated rings. The van der Waals surface area contributed by atoms with Gasteiger partial charge in [-0.3, -0.25) is 4.79 Å². The van der Waals surface area contributed by atoms with Gasteiger partial charge in [-0.05, 0) is 6.07 Å². The fraction of sp³-hybridized carbons (Fsp3) is 0.273. The highest BCUT2D eigenvalue weighted by Crippen LogP contribution is 2.17. The molecule has 0 amide bonds. The number of hydrogen-bond acceptors (Lipinski definition) is 4. The highest BCUT2D eigenvalue weighted by molar-refractivity contribution is 8.13. The molecule has 0 spiro atoms. The van der Waals surface area contributed by atoms with Crippen molar-refractivity contribution in [2.24, 2.45) is 0 Å². The molecule has 1 aromatic rings. The van der Waals surface area contributed by atoms with E-state index in [1.54, 1.807) is 6.07 Å². The molecule has 0 unspecified atom stereocenters. The topological polar surface area (TPSA) is 56.0 Å². The van der Waals surface area contributed by atoms with Gasteiger partial charge < -0.3 is 5.73 Å². The second-order valence-electron chi connectivity index (χ2n) is 2.96. The first-order valence-corrected chi connectivity index (χ1v) is 6.00. The highest BCUT2D eigenvalue weighted by Gasteiger charge is 2.01. The minimum Gasteiger partial charge on any atom is -0.398 e. The molecule has 0 radical (unpaired) electrons. The van der Waals surface area contributed by atoms with Gasteiger partial charge in [0.1, 0.15) is 5.15 Å². The fourth-order valence-electron chi connectivity index (χ4n) is 0.970. The second kappa shape index (κ2) is 6.41. The molecule has 16 heavy (non-hydrogen) atoms. The van der Waals surface area contributed by atoms with E-state index in [2.05, 4.69) is 16.8 Å². The predicted octanol–water partition coefficient (Wildman–Crippen LogP) is 2.34. The number of anilines is 1. The van der Waals surface area contributed by atoms with Crippen LogP contribution in [0.25, 0.3) is 0 Å². The lowest BCUT2D eigenvalue weighted by atomic mass is 10.2. The number of nitrogens with two attached hydrogens (primary N) is 1. The zero-order chi connectivity index (χ0) is 12.0. The molecule has 0 bridgehead atoms. The summed E-state index contributed by atoms with van der Waals surface area (Å²) in [6.45, 7) is 1.54. The number of nitrogen functional groups attached to an aromatic ring is 1. The maximum atomic E-state index is 10.6. The van der Waals surface area contributed by atoms with Crippen LogP contribution in [0.5, 0.6) is 0 Å². The van der Waals surface area contributed by atoms with Crippen LogP contribution >= 0.6 is 23.4 Å². The van der Waals surface area contributed by atoms with E-state index in [4.69, 9.17) is 17.3 Å². The van der Waals surface area contributed by atoms with Crippen molar-refractivity contribution in [2.45, 2.75) is 13.3 Å². The molecule has 0 saturated heterocycles. The molecule has 0 aromatic carbocycles. The molecule has 0 saturated carbocycles. The van der Waals surface area contributed by atoms with E-state index in [0.29, 0.717) is 28.6 Å². The van der Waals surface area contributed by atoms with E-state index in [-0.39, 0.29) is 5.12 Å². The van der Waals surface area contributed by atoms with Crippen LogP contribution in [0, 0.1) is 11.8 Å². The number of pyridine rings is 1. The van der Waals surface area contributed by atoms with Crippen molar-refractivity contribution in [2.75, 3.05) is 11.5 Å². The molecular formula is C11H11ClN2OS. The van der Waals surface area contributed by atoms with Crippen LogP contribution in [0.4, 0.5) is 5.69 Å². The Bertz CT molecular complexity index is 431. The fourth-order valence-corrected chi connectivity index (χ4v) is 1.67. The first kappa shape index (κ1) is 12.9. The van der Waals surface area contributed by atoms with Crippen molar-refractivity contribution in [3.8, 4) is 11.8 Å². The molecule has 1 aromatic heterocycles. The van der Waals surface area contributed by atoms with Crippen molar-refractivity contribution in [3.05, 3.63) is 23.0 Å². The summed E-state index contributed by atoms with van der Waals surface area (Å²) in [6, 6.07) is 1.65. The van der Waals surface area contributed by atoms with Gasteiger partial charge in [0.2, 0.25) is 0 Å². The maximum absolute atomic E-state index is 10.6. The van der Waals surface area contributed by atoms with Gasteiger partial charge in [0, 0.05) is 25.3 Å². The number of carbonyl (C=O) groups excluding carboxylic acids is 1. The molecule has 0 aliphatic heterocycles. The Kier molecular flexibility index (Phi) is 5.17. The molecule has 1 rings (SSSR count). The average Bonchev–Trinajstić information content (AvgIpc) is 2.21. The summed E-state index contributed by atoms with van der Waals surface area (Å²) in [7, 11) is 0. The Morgan fingerprint density at radius 3 is 3.06 bits per heavy atom. The van der Waals surface area contributed by atoms with Crippen molar-refractivity contribution in [3.63, 3.8) is 0 Å². The van der Waals surface area contributed by atoms with Gasteiger partial charge in [-0.1, -0.05) is 35.2 Å². The van der Waals surface area contributed by atoms with E-state index in [1.165, 1.54) is 24.9 Å². The third-order valence-electron chi connectivity index (χ3n) is 1.68. The summed E-state index contributed by atoms with van der Waals surface area (Å²) < 4.78 is 0. The van der Waals surface area contributed by atoms with Crippen molar-refractivity contribution in [1.29, 1.82) is 0 Å². The van der Waals surface area contributed by atoms with Gasteiger partial charge in [0.15, 0.2) is 5.12 Å². The zero-order valence-corrected chi connectivity index (χ0v) is 10.4. The minimum absolute atomic E-state index is 0.0979. The summed E-state index contributed by atoms with van der Waals surface area (Å²) in [5.74, 6) is 6.45. The molecule has 0 aliphatic rings. The molecule has 2 N–H and O–H groups in total. The van der Waals surface area contributed by atoms with Crippen LogP contribution in [-0.4, -0.2) is 15.9 Å². The molecule has 0 atom stereocenters. The van der Waals surface area contributed by atoms with Crippen LogP contribution in [0.1, 0.15) is 18.9 Å². The lowest BCUT2D eigenvalue weighted by Gasteiger charge is -1.98. The lowest BCUT2D eigenvalue weighted by molar-refractivity contribution is -0.109. The van der Waals surface area contributed by atoms with Gasteiger partial charge in [-0.15, -0.1) is 0 Å². The number of thioether (sulfide) groups is 1. The van der Waals surface area contributed by atoms with E-state index in [1.807, 2.05) is 0 Å². The number of carbonyl (C=O) groups is 1.